The van der Waals surface area contributed by atoms with Crippen LogP contribution in [0, 0.1) is 5.92 Å². The van der Waals surface area contributed by atoms with Gasteiger partial charge in [-0.2, -0.15) is 0 Å². The predicted octanol–water partition coefficient (Wildman–Crippen LogP) is 2.27. The van der Waals surface area contributed by atoms with Crippen LogP contribution in [-0.4, -0.2) is 24.7 Å². The van der Waals surface area contributed by atoms with Crippen LogP contribution in [0.3, 0.4) is 0 Å². The van der Waals surface area contributed by atoms with Crippen molar-refractivity contribution in [2.45, 2.75) is 26.7 Å². The summed E-state index contributed by atoms with van der Waals surface area (Å²) in [6, 6.07) is 1.52. The highest BCUT2D eigenvalue weighted by Crippen LogP contribution is 2.23. The van der Waals surface area contributed by atoms with E-state index in [9.17, 15) is 4.79 Å². The Labute approximate surface area is 107 Å². The molecule has 0 saturated carbocycles. The summed E-state index contributed by atoms with van der Waals surface area (Å²) in [5.41, 5.74) is 6.33. The Morgan fingerprint density at radius 2 is 2.22 bits per heavy atom. The van der Waals surface area contributed by atoms with E-state index in [1.807, 2.05) is 0 Å². The maximum absolute atomic E-state index is 11.4. The first-order valence-electron chi connectivity index (χ1n) is 6.01. The van der Waals surface area contributed by atoms with Gasteiger partial charge in [-0.25, -0.2) is 9.78 Å². The number of methoxy groups -OCH3 is 1. The van der Waals surface area contributed by atoms with E-state index in [0.29, 0.717) is 18.4 Å². The fourth-order valence-electron chi connectivity index (χ4n) is 1.52. The molecule has 0 aromatic carbocycles. The lowest BCUT2D eigenvalue weighted by molar-refractivity contribution is 0.0601. The first-order valence-corrected chi connectivity index (χ1v) is 6.01. The Hall–Kier alpha value is -1.78. The first kappa shape index (κ1) is 14.3. The SMILES string of the molecule is COC(=O)c1ccnc(OCCCC(C)C)c1N. The largest absolute Gasteiger partial charge is 0.476 e. The van der Waals surface area contributed by atoms with Gasteiger partial charge in [0.2, 0.25) is 5.88 Å². The number of hydrogen-bond acceptors (Lipinski definition) is 5. The van der Waals surface area contributed by atoms with Crippen LogP contribution in [0.15, 0.2) is 12.3 Å². The Kier molecular flexibility index (Phi) is 5.42. The number of anilines is 1. The van der Waals surface area contributed by atoms with Gasteiger partial charge in [-0.15, -0.1) is 0 Å². The van der Waals surface area contributed by atoms with Crippen LogP contribution in [0.2, 0.25) is 0 Å². The van der Waals surface area contributed by atoms with E-state index in [-0.39, 0.29) is 11.3 Å². The average Bonchev–Trinajstić information content (AvgIpc) is 2.35. The van der Waals surface area contributed by atoms with Crippen LogP contribution in [-0.2, 0) is 4.74 Å². The van der Waals surface area contributed by atoms with Crippen LogP contribution >= 0.6 is 0 Å². The van der Waals surface area contributed by atoms with Gasteiger partial charge in [0.05, 0.1) is 19.3 Å². The summed E-state index contributed by atoms with van der Waals surface area (Å²) in [7, 11) is 1.31. The van der Waals surface area contributed by atoms with Crippen LogP contribution in [0.1, 0.15) is 37.0 Å². The number of ether oxygens (including phenoxy) is 2. The van der Waals surface area contributed by atoms with Crippen LogP contribution in [0.25, 0.3) is 0 Å². The summed E-state index contributed by atoms with van der Waals surface area (Å²) in [4.78, 5) is 15.4. The van der Waals surface area contributed by atoms with Crippen molar-refractivity contribution >= 4 is 11.7 Å². The van der Waals surface area contributed by atoms with Crippen LogP contribution in [0.5, 0.6) is 5.88 Å². The highest BCUT2D eigenvalue weighted by molar-refractivity contribution is 5.95. The minimum atomic E-state index is -0.484. The number of pyridine rings is 1. The van der Waals surface area contributed by atoms with E-state index in [4.69, 9.17) is 10.5 Å². The van der Waals surface area contributed by atoms with E-state index in [1.165, 1.54) is 19.4 Å². The number of nitrogens with two attached hydrogens (primary N) is 1. The number of hydrogen-bond donors (Lipinski definition) is 1. The Balaban J connectivity index is 2.64. The molecule has 0 aliphatic heterocycles. The Morgan fingerprint density at radius 1 is 1.50 bits per heavy atom. The molecule has 1 heterocycles. The van der Waals surface area contributed by atoms with Gasteiger partial charge in [-0.1, -0.05) is 13.8 Å². The van der Waals surface area contributed by atoms with E-state index in [0.717, 1.165) is 12.8 Å². The lowest BCUT2D eigenvalue weighted by Crippen LogP contribution is -2.09. The van der Waals surface area contributed by atoms with E-state index >= 15 is 0 Å². The number of carbonyl (C=O) groups excluding carboxylic acids is 1. The van der Waals surface area contributed by atoms with Gasteiger partial charge in [-0.3, -0.25) is 0 Å². The maximum Gasteiger partial charge on any atom is 0.340 e. The van der Waals surface area contributed by atoms with Crippen molar-refractivity contribution in [3.63, 3.8) is 0 Å². The minimum Gasteiger partial charge on any atom is -0.476 e. The van der Waals surface area contributed by atoms with Gasteiger partial charge in [-0.05, 0) is 24.8 Å². The number of nitrogen functional groups attached to an aromatic ring is 1. The highest BCUT2D eigenvalue weighted by Gasteiger charge is 2.14. The van der Waals surface area contributed by atoms with Gasteiger partial charge in [0, 0.05) is 6.20 Å². The van der Waals surface area contributed by atoms with Crippen LogP contribution < -0.4 is 10.5 Å². The summed E-state index contributed by atoms with van der Waals surface area (Å²) < 4.78 is 10.1. The topological polar surface area (TPSA) is 74.4 Å². The summed E-state index contributed by atoms with van der Waals surface area (Å²) in [5, 5.41) is 0. The second kappa shape index (κ2) is 6.83. The van der Waals surface area contributed by atoms with Crippen molar-refractivity contribution in [3.05, 3.63) is 17.8 Å². The zero-order chi connectivity index (χ0) is 13.5. The highest BCUT2D eigenvalue weighted by atomic mass is 16.5. The second-order valence-corrected chi connectivity index (χ2v) is 4.45. The quantitative estimate of drug-likeness (QED) is 0.621. The molecule has 0 aliphatic carbocycles. The molecule has 0 atom stereocenters. The minimum absolute atomic E-state index is 0.230. The molecule has 5 heteroatoms. The molecule has 2 N–H and O–H groups in total. The molecule has 0 amide bonds. The molecule has 0 aliphatic rings. The molecule has 0 fully saturated rings. The molecule has 0 bridgehead atoms. The Bertz CT molecular complexity index is 405. The van der Waals surface area contributed by atoms with E-state index in [1.54, 1.807) is 0 Å². The smallest absolute Gasteiger partial charge is 0.340 e. The number of rotatable bonds is 6. The molecular formula is C13H20N2O3. The number of aromatic nitrogens is 1. The van der Waals surface area contributed by atoms with Crippen molar-refractivity contribution in [3.8, 4) is 5.88 Å². The molecule has 0 unspecified atom stereocenters. The fraction of sp³-hybridized carbons (Fsp3) is 0.538. The lowest BCUT2D eigenvalue weighted by atomic mass is 10.1. The molecular weight excluding hydrogens is 232 g/mol. The maximum atomic E-state index is 11.4. The molecule has 18 heavy (non-hydrogen) atoms. The molecule has 5 nitrogen and oxygen atoms in total. The molecule has 0 saturated heterocycles. The van der Waals surface area contributed by atoms with E-state index < -0.39 is 5.97 Å². The summed E-state index contributed by atoms with van der Waals surface area (Å²) in [5.74, 6) is 0.448. The summed E-state index contributed by atoms with van der Waals surface area (Å²) in [6.45, 7) is 4.86. The van der Waals surface area contributed by atoms with Gasteiger partial charge < -0.3 is 15.2 Å². The summed E-state index contributed by atoms with van der Waals surface area (Å²) >= 11 is 0. The van der Waals surface area contributed by atoms with Crippen LogP contribution in [0.4, 0.5) is 5.69 Å². The van der Waals surface area contributed by atoms with Crippen molar-refractivity contribution in [2.24, 2.45) is 5.92 Å². The standard InChI is InChI=1S/C13H20N2O3/c1-9(2)5-4-8-18-12-11(14)10(6-7-15-12)13(16)17-3/h6-7,9H,4-5,8,14H2,1-3H3. The zero-order valence-corrected chi connectivity index (χ0v) is 11.1. The fourth-order valence-corrected chi connectivity index (χ4v) is 1.52. The van der Waals surface area contributed by atoms with Gasteiger partial charge in [0.15, 0.2) is 0 Å². The van der Waals surface area contributed by atoms with Gasteiger partial charge in [0.25, 0.3) is 0 Å². The molecule has 1 aromatic heterocycles. The first-order chi connectivity index (χ1) is 8.56. The van der Waals surface area contributed by atoms with Crippen molar-refractivity contribution in [2.75, 3.05) is 19.5 Å². The summed E-state index contributed by atoms with van der Waals surface area (Å²) in [6.07, 6.45) is 3.50. The average molecular weight is 252 g/mol. The molecule has 1 rings (SSSR count). The number of carbonyl (C=O) groups is 1. The van der Waals surface area contributed by atoms with Gasteiger partial charge in [0.1, 0.15) is 5.69 Å². The Morgan fingerprint density at radius 3 is 2.83 bits per heavy atom. The van der Waals surface area contributed by atoms with Crippen molar-refractivity contribution in [1.29, 1.82) is 0 Å². The predicted molar refractivity (Wildman–Crippen MR) is 69.6 cm³/mol. The lowest BCUT2D eigenvalue weighted by Gasteiger charge is -2.10. The third-order valence-corrected chi connectivity index (χ3v) is 2.52. The number of nitrogens with zero attached hydrogens (tertiary/aromatic N) is 1. The third kappa shape index (κ3) is 3.91. The van der Waals surface area contributed by atoms with Crippen molar-refractivity contribution < 1.29 is 14.3 Å². The molecule has 100 valence electrons. The normalized spacial score (nSPS) is 10.4. The number of esters is 1. The zero-order valence-electron chi connectivity index (χ0n) is 11.1. The van der Waals surface area contributed by atoms with E-state index in [2.05, 4.69) is 23.6 Å². The van der Waals surface area contributed by atoms with Crippen molar-refractivity contribution in [1.82, 2.24) is 4.98 Å². The third-order valence-electron chi connectivity index (χ3n) is 2.52. The monoisotopic (exact) mass is 252 g/mol. The molecule has 0 radical (unpaired) electrons. The van der Waals surface area contributed by atoms with Gasteiger partial charge >= 0.3 is 5.97 Å². The second-order valence-electron chi connectivity index (χ2n) is 4.45. The molecule has 1 aromatic rings. The molecule has 0 spiro atoms.